The van der Waals surface area contributed by atoms with Gasteiger partial charge in [0.25, 0.3) is 5.91 Å². The Morgan fingerprint density at radius 2 is 2.00 bits per heavy atom. The largest absolute Gasteiger partial charge is 0.399 e. The zero-order valence-corrected chi connectivity index (χ0v) is 11.8. The number of aryl methyl sites for hydroxylation is 1. The van der Waals surface area contributed by atoms with Gasteiger partial charge in [-0.25, -0.2) is 4.98 Å². The Labute approximate surface area is 118 Å². The van der Waals surface area contributed by atoms with Gasteiger partial charge >= 0.3 is 0 Å². The van der Waals surface area contributed by atoms with Crippen LogP contribution in [-0.4, -0.2) is 25.0 Å². The lowest BCUT2D eigenvalue weighted by atomic mass is 10.1. The summed E-state index contributed by atoms with van der Waals surface area (Å²) in [6.45, 7) is 1.87. The Kier molecular flexibility index (Phi) is 3.89. The number of hydrogen-bond donors (Lipinski definition) is 2. The van der Waals surface area contributed by atoms with Crippen LogP contribution in [0.2, 0.25) is 0 Å². The first kappa shape index (κ1) is 13.9. The maximum absolute atomic E-state index is 12.1. The first-order chi connectivity index (χ1) is 9.47. The van der Waals surface area contributed by atoms with Gasteiger partial charge in [-0.1, -0.05) is 0 Å². The fraction of sp³-hybridized carbons (Fsp3) is 0.200. The summed E-state index contributed by atoms with van der Waals surface area (Å²) in [6, 6.07) is 8.89. The highest BCUT2D eigenvalue weighted by Crippen LogP contribution is 2.16. The van der Waals surface area contributed by atoms with Crippen molar-refractivity contribution in [2.75, 3.05) is 30.0 Å². The van der Waals surface area contributed by atoms with Gasteiger partial charge in [0.05, 0.1) is 11.9 Å². The summed E-state index contributed by atoms with van der Waals surface area (Å²) in [5.41, 5.74) is 8.55. The number of pyridine rings is 1. The first-order valence-electron chi connectivity index (χ1n) is 6.28. The van der Waals surface area contributed by atoms with Crippen LogP contribution in [0, 0.1) is 6.92 Å². The molecule has 5 nitrogen and oxygen atoms in total. The molecule has 5 heteroatoms. The number of nitrogen functional groups attached to an aromatic ring is 1. The summed E-state index contributed by atoms with van der Waals surface area (Å²) in [5, 5.41) is 2.81. The molecule has 0 aliphatic carbocycles. The van der Waals surface area contributed by atoms with Crippen molar-refractivity contribution in [1.29, 1.82) is 0 Å². The number of rotatable bonds is 3. The average molecular weight is 270 g/mol. The summed E-state index contributed by atoms with van der Waals surface area (Å²) >= 11 is 0. The molecule has 0 saturated heterocycles. The highest BCUT2D eigenvalue weighted by molar-refractivity contribution is 6.04. The van der Waals surface area contributed by atoms with E-state index in [1.54, 1.807) is 24.4 Å². The summed E-state index contributed by atoms with van der Waals surface area (Å²) in [5.74, 6) is 0.666. The van der Waals surface area contributed by atoms with Crippen LogP contribution in [0.1, 0.15) is 15.9 Å². The topological polar surface area (TPSA) is 71.2 Å². The van der Waals surface area contributed by atoms with Crippen LogP contribution in [0.4, 0.5) is 17.2 Å². The lowest BCUT2D eigenvalue weighted by molar-refractivity contribution is 0.102. The van der Waals surface area contributed by atoms with Gasteiger partial charge in [0, 0.05) is 25.3 Å². The number of benzene rings is 1. The van der Waals surface area contributed by atoms with Gasteiger partial charge in [-0.2, -0.15) is 0 Å². The van der Waals surface area contributed by atoms with E-state index in [1.807, 2.05) is 38.1 Å². The molecular formula is C15H18N4O. The van der Waals surface area contributed by atoms with Crippen molar-refractivity contribution in [2.45, 2.75) is 6.92 Å². The summed E-state index contributed by atoms with van der Waals surface area (Å²) < 4.78 is 0. The third-order valence-corrected chi connectivity index (χ3v) is 3.00. The van der Waals surface area contributed by atoms with Crippen LogP contribution in [0.15, 0.2) is 36.5 Å². The summed E-state index contributed by atoms with van der Waals surface area (Å²) in [6.07, 6.45) is 1.64. The van der Waals surface area contributed by atoms with Crippen molar-refractivity contribution < 1.29 is 4.79 Å². The molecule has 3 N–H and O–H groups in total. The van der Waals surface area contributed by atoms with Gasteiger partial charge in [0.1, 0.15) is 5.82 Å². The van der Waals surface area contributed by atoms with E-state index >= 15 is 0 Å². The van der Waals surface area contributed by atoms with E-state index < -0.39 is 0 Å². The normalized spacial score (nSPS) is 10.2. The second-order valence-corrected chi connectivity index (χ2v) is 4.82. The van der Waals surface area contributed by atoms with Gasteiger partial charge in [0.15, 0.2) is 0 Å². The molecule has 2 rings (SSSR count). The van der Waals surface area contributed by atoms with Crippen molar-refractivity contribution >= 4 is 23.1 Å². The third kappa shape index (κ3) is 3.06. The van der Waals surface area contributed by atoms with Crippen LogP contribution < -0.4 is 16.0 Å². The van der Waals surface area contributed by atoms with Gasteiger partial charge in [-0.15, -0.1) is 0 Å². The predicted molar refractivity (Wildman–Crippen MR) is 82.1 cm³/mol. The number of hydrogen-bond acceptors (Lipinski definition) is 4. The van der Waals surface area contributed by atoms with E-state index in [0.717, 1.165) is 11.4 Å². The highest BCUT2D eigenvalue weighted by atomic mass is 16.1. The van der Waals surface area contributed by atoms with Gasteiger partial charge in [0.2, 0.25) is 0 Å². The molecule has 0 radical (unpaired) electrons. The van der Waals surface area contributed by atoms with E-state index in [9.17, 15) is 4.79 Å². The van der Waals surface area contributed by atoms with Crippen molar-refractivity contribution in [2.24, 2.45) is 0 Å². The Morgan fingerprint density at radius 1 is 1.25 bits per heavy atom. The second kappa shape index (κ2) is 5.61. The maximum Gasteiger partial charge on any atom is 0.255 e. The molecule has 104 valence electrons. The molecule has 1 amide bonds. The van der Waals surface area contributed by atoms with E-state index in [-0.39, 0.29) is 5.91 Å². The number of aromatic nitrogens is 1. The molecule has 0 unspecified atom stereocenters. The average Bonchev–Trinajstić information content (AvgIpc) is 2.42. The molecule has 0 atom stereocenters. The Morgan fingerprint density at radius 3 is 2.55 bits per heavy atom. The number of carbonyl (C=O) groups is 1. The van der Waals surface area contributed by atoms with Gasteiger partial charge in [-0.3, -0.25) is 4.79 Å². The van der Waals surface area contributed by atoms with Crippen LogP contribution in [0.25, 0.3) is 0 Å². The number of carbonyl (C=O) groups excluding carboxylic acids is 1. The molecule has 2 aromatic rings. The van der Waals surface area contributed by atoms with Crippen molar-refractivity contribution in [1.82, 2.24) is 4.98 Å². The van der Waals surface area contributed by atoms with E-state index in [2.05, 4.69) is 10.3 Å². The number of nitrogens with one attached hydrogen (secondary N) is 1. The minimum absolute atomic E-state index is 0.174. The molecular weight excluding hydrogens is 252 g/mol. The Hall–Kier alpha value is -2.56. The Bertz CT molecular complexity index is 620. The molecule has 0 fully saturated rings. The van der Waals surface area contributed by atoms with E-state index in [1.165, 1.54) is 0 Å². The first-order valence-corrected chi connectivity index (χ1v) is 6.28. The van der Waals surface area contributed by atoms with E-state index in [4.69, 9.17) is 5.73 Å². The highest BCUT2D eigenvalue weighted by Gasteiger charge is 2.08. The molecule has 0 saturated carbocycles. The molecule has 1 aromatic heterocycles. The third-order valence-electron chi connectivity index (χ3n) is 3.00. The number of amides is 1. The van der Waals surface area contributed by atoms with Crippen LogP contribution in [-0.2, 0) is 0 Å². The van der Waals surface area contributed by atoms with Crippen molar-refractivity contribution in [3.8, 4) is 0 Å². The predicted octanol–water partition coefficient (Wildman–Crippen LogP) is 2.29. The molecule has 0 aliphatic heterocycles. The van der Waals surface area contributed by atoms with Crippen LogP contribution in [0.3, 0.4) is 0 Å². The monoisotopic (exact) mass is 270 g/mol. The number of nitrogens with zero attached hydrogens (tertiary/aromatic N) is 2. The van der Waals surface area contributed by atoms with Gasteiger partial charge < -0.3 is 16.0 Å². The van der Waals surface area contributed by atoms with E-state index in [0.29, 0.717) is 16.9 Å². The molecule has 1 heterocycles. The van der Waals surface area contributed by atoms with Crippen molar-refractivity contribution in [3.63, 3.8) is 0 Å². The standard InChI is InChI=1S/C15H18N4O/c1-10-8-11(4-6-13(10)16)15(20)18-12-5-7-14(17-9-12)19(2)3/h4-9H,16H2,1-3H3,(H,18,20). The molecule has 0 aliphatic rings. The maximum atomic E-state index is 12.1. The van der Waals surface area contributed by atoms with Crippen LogP contribution in [0.5, 0.6) is 0 Å². The van der Waals surface area contributed by atoms with Crippen molar-refractivity contribution in [3.05, 3.63) is 47.7 Å². The number of nitrogens with two attached hydrogens (primary N) is 1. The lowest BCUT2D eigenvalue weighted by Crippen LogP contribution is -2.14. The zero-order chi connectivity index (χ0) is 14.7. The fourth-order valence-corrected chi connectivity index (χ4v) is 1.74. The van der Waals surface area contributed by atoms with Gasteiger partial charge in [-0.05, 0) is 42.8 Å². The smallest absolute Gasteiger partial charge is 0.255 e. The zero-order valence-electron chi connectivity index (χ0n) is 11.8. The second-order valence-electron chi connectivity index (χ2n) is 4.82. The number of anilines is 3. The summed E-state index contributed by atoms with van der Waals surface area (Å²) in [7, 11) is 3.83. The molecule has 1 aromatic carbocycles. The molecule has 20 heavy (non-hydrogen) atoms. The quantitative estimate of drug-likeness (QED) is 0.839. The van der Waals surface area contributed by atoms with Crippen LogP contribution >= 0.6 is 0 Å². The minimum Gasteiger partial charge on any atom is -0.399 e. The lowest BCUT2D eigenvalue weighted by Gasteiger charge is -2.12. The minimum atomic E-state index is -0.174. The molecule has 0 spiro atoms. The fourth-order valence-electron chi connectivity index (χ4n) is 1.74. The Balaban J connectivity index is 2.12. The molecule has 0 bridgehead atoms. The summed E-state index contributed by atoms with van der Waals surface area (Å²) in [4.78, 5) is 18.3. The SMILES string of the molecule is Cc1cc(C(=O)Nc2ccc(N(C)C)nc2)ccc1N.